The smallest absolute Gasteiger partial charge is 0.164 e. The zero-order valence-electron chi connectivity index (χ0n) is 10.1. The van der Waals surface area contributed by atoms with Crippen molar-refractivity contribution in [3.63, 3.8) is 0 Å². The molecular formula is C12H19NO3. The highest BCUT2D eigenvalue weighted by atomic mass is 16.5. The summed E-state index contributed by atoms with van der Waals surface area (Å²) in [5.74, 6) is 2.20. The van der Waals surface area contributed by atoms with Crippen LogP contribution in [0.4, 0.5) is 0 Å². The quantitative estimate of drug-likeness (QED) is 0.749. The SMILES string of the molecule is COc1cc(C)c(OCCCN)cc1OC. The summed E-state index contributed by atoms with van der Waals surface area (Å²) in [6, 6.07) is 3.74. The lowest BCUT2D eigenvalue weighted by Gasteiger charge is -2.13. The van der Waals surface area contributed by atoms with E-state index in [9.17, 15) is 0 Å². The van der Waals surface area contributed by atoms with Crippen LogP contribution in [0.1, 0.15) is 12.0 Å². The molecule has 1 aromatic carbocycles. The van der Waals surface area contributed by atoms with Crippen molar-refractivity contribution in [1.82, 2.24) is 0 Å². The molecule has 0 heterocycles. The van der Waals surface area contributed by atoms with E-state index in [1.807, 2.05) is 19.1 Å². The van der Waals surface area contributed by atoms with Gasteiger partial charge >= 0.3 is 0 Å². The van der Waals surface area contributed by atoms with E-state index in [0.29, 0.717) is 24.7 Å². The van der Waals surface area contributed by atoms with Gasteiger partial charge in [-0.3, -0.25) is 0 Å². The Morgan fingerprint density at radius 1 is 1.06 bits per heavy atom. The molecule has 0 saturated heterocycles. The van der Waals surface area contributed by atoms with Crippen LogP contribution in [0.3, 0.4) is 0 Å². The van der Waals surface area contributed by atoms with E-state index in [1.165, 1.54) is 0 Å². The van der Waals surface area contributed by atoms with Crippen molar-refractivity contribution in [2.24, 2.45) is 5.73 Å². The highest BCUT2D eigenvalue weighted by Gasteiger charge is 2.09. The van der Waals surface area contributed by atoms with Crippen LogP contribution in [0, 0.1) is 6.92 Å². The molecule has 0 radical (unpaired) electrons. The first-order chi connectivity index (χ1) is 7.72. The van der Waals surface area contributed by atoms with Crippen molar-refractivity contribution in [2.75, 3.05) is 27.4 Å². The Labute approximate surface area is 96.3 Å². The molecule has 0 fully saturated rings. The normalized spacial score (nSPS) is 10.0. The van der Waals surface area contributed by atoms with Crippen molar-refractivity contribution in [3.05, 3.63) is 17.7 Å². The lowest BCUT2D eigenvalue weighted by atomic mass is 10.2. The molecule has 2 N–H and O–H groups in total. The molecule has 0 bridgehead atoms. The number of aryl methyl sites for hydroxylation is 1. The summed E-state index contributed by atoms with van der Waals surface area (Å²) >= 11 is 0. The summed E-state index contributed by atoms with van der Waals surface area (Å²) in [5.41, 5.74) is 6.43. The number of hydrogen-bond acceptors (Lipinski definition) is 4. The predicted molar refractivity (Wildman–Crippen MR) is 63.4 cm³/mol. The molecule has 1 aromatic rings. The van der Waals surface area contributed by atoms with Crippen molar-refractivity contribution >= 4 is 0 Å². The Morgan fingerprint density at radius 2 is 1.69 bits per heavy atom. The molecule has 0 unspecified atom stereocenters. The monoisotopic (exact) mass is 225 g/mol. The van der Waals surface area contributed by atoms with Gasteiger partial charge in [0.25, 0.3) is 0 Å². The third-order valence-corrected chi connectivity index (χ3v) is 2.29. The van der Waals surface area contributed by atoms with Crippen LogP contribution in [0.5, 0.6) is 17.2 Å². The Morgan fingerprint density at radius 3 is 2.25 bits per heavy atom. The first kappa shape index (κ1) is 12.6. The van der Waals surface area contributed by atoms with Crippen molar-refractivity contribution < 1.29 is 14.2 Å². The zero-order valence-corrected chi connectivity index (χ0v) is 10.1. The molecule has 1 rings (SSSR count). The summed E-state index contributed by atoms with van der Waals surface area (Å²) < 4.78 is 16.0. The second-order valence-corrected chi connectivity index (χ2v) is 3.46. The number of nitrogens with two attached hydrogens (primary N) is 1. The van der Waals surface area contributed by atoms with E-state index in [0.717, 1.165) is 17.7 Å². The maximum Gasteiger partial charge on any atom is 0.164 e. The Balaban J connectivity index is 2.84. The van der Waals surface area contributed by atoms with Gasteiger partial charge in [0.05, 0.1) is 20.8 Å². The van der Waals surface area contributed by atoms with Crippen molar-refractivity contribution in [3.8, 4) is 17.2 Å². The Hall–Kier alpha value is -1.42. The number of benzene rings is 1. The highest BCUT2D eigenvalue weighted by molar-refractivity contribution is 5.50. The third-order valence-electron chi connectivity index (χ3n) is 2.29. The van der Waals surface area contributed by atoms with Gasteiger partial charge in [0, 0.05) is 6.07 Å². The summed E-state index contributed by atoms with van der Waals surface area (Å²) in [6.45, 7) is 3.22. The van der Waals surface area contributed by atoms with Gasteiger partial charge in [0.2, 0.25) is 0 Å². The van der Waals surface area contributed by atoms with Crippen LogP contribution >= 0.6 is 0 Å². The molecule has 0 saturated carbocycles. The van der Waals surface area contributed by atoms with Gasteiger partial charge in [-0.05, 0) is 31.5 Å². The fourth-order valence-electron chi connectivity index (χ4n) is 1.38. The molecule has 0 aliphatic rings. The Bertz CT molecular complexity index is 339. The average Bonchev–Trinajstić information content (AvgIpc) is 2.31. The molecule has 0 aromatic heterocycles. The fraction of sp³-hybridized carbons (Fsp3) is 0.500. The van der Waals surface area contributed by atoms with Crippen molar-refractivity contribution in [1.29, 1.82) is 0 Å². The van der Waals surface area contributed by atoms with E-state index in [2.05, 4.69) is 0 Å². The van der Waals surface area contributed by atoms with Crippen LogP contribution < -0.4 is 19.9 Å². The number of ether oxygens (including phenoxy) is 3. The summed E-state index contributed by atoms with van der Waals surface area (Å²) in [5, 5.41) is 0. The molecule has 0 spiro atoms. The predicted octanol–water partition coefficient (Wildman–Crippen LogP) is 1.74. The molecule has 16 heavy (non-hydrogen) atoms. The van der Waals surface area contributed by atoms with E-state index in [1.54, 1.807) is 14.2 Å². The van der Waals surface area contributed by atoms with Crippen LogP contribution in [0.15, 0.2) is 12.1 Å². The van der Waals surface area contributed by atoms with E-state index >= 15 is 0 Å². The molecule has 0 aliphatic heterocycles. The first-order valence-corrected chi connectivity index (χ1v) is 5.28. The molecule has 0 amide bonds. The van der Waals surface area contributed by atoms with Gasteiger partial charge < -0.3 is 19.9 Å². The maximum absolute atomic E-state index is 5.60. The van der Waals surface area contributed by atoms with E-state index in [4.69, 9.17) is 19.9 Å². The first-order valence-electron chi connectivity index (χ1n) is 5.28. The largest absolute Gasteiger partial charge is 0.493 e. The number of rotatable bonds is 6. The zero-order chi connectivity index (χ0) is 12.0. The lowest BCUT2D eigenvalue weighted by Crippen LogP contribution is -2.07. The van der Waals surface area contributed by atoms with Gasteiger partial charge in [-0.25, -0.2) is 0 Å². The number of hydrogen-bond donors (Lipinski definition) is 1. The standard InChI is InChI=1S/C12H19NO3/c1-9-7-11(14-2)12(15-3)8-10(9)16-6-4-5-13/h7-8H,4-6,13H2,1-3H3. The molecule has 90 valence electrons. The summed E-state index contributed by atoms with van der Waals surface area (Å²) in [7, 11) is 3.23. The molecule has 0 aliphatic carbocycles. The van der Waals surface area contributed by atoms with E-state index in [-0.39, 0.29) is 0 Å². The highest BCUT2D eigenvalue weighted by Crippen LogP contribution is 2.34. The topological polar surface area (TPSA) is 53.7 Å². The minimum Gasteiger partial charge on any atom is -0.493 e. The van der Waals surface area contributed by atoms with Gasteiger partial charge in [-0.2, -0.15) is 0 Å². The van der Waals surface area contributed by atoms with Crippen LogP contribution in [-0.2, 0) is 0 Å². The van der Waals surface area contributed by atoms with Gasteiger partial charge in [-0.15, -0.1) is 0 Å². The van der Waals surface area contributed by atoms with Gasteiger partial charge in [0.1, 0.15) is 5.75 Å². The second-order valence-electron chi connectivity index (χ2n) is 3.46. The summed E-state index contributed by atoms with van der Waals surface area (Å²) in [6.07, 6.45) is 0.841. The van der Waals surface area contributed by atoms with Crippen molar-refractivity contribution in [2.45, 2.75) is 13.3 Å². The van der Waals surface area contributed by atoms with Crippen LogP contribution in [-0.4, -0.2) is 27.4 Å². The fourth-order valence-corrected chi connectivity index (χ4v) is 1.38. The average molecular weight is 225 g/mol. The maximum atomic E-state index is 5.60. The van der Waals surface area contributed by atoms with Crippen LogP contribution in [0.2, 0.25) is 0 Å². The van der Waals surface area contributed by atoms with Gasteiger partial charge in [0.15, 0.2) is 11.5 Å². The molecular weight excluding hydrogens is 206 g/mol. The molecule has 4 nitrogen and oxygen atoms in total. The molecule has 0 atom stereocenters. The molecule has 4 heteroatoms. The van der Waals surface area contributed by atoms with Gasteiger partial charge in [-0.1, -0.05) is 0 Å². The van der Waals surface area contributed by atoms with E-state index < -0.39 is 0 Å². The number of methoxy groups -OCH3 is 2. The summed E-state index contributed by atoms with van der Waals surface area (Å²) in [4.78, 5) is 0. The second kappa shape index (κ2) is 6.23. The Kier molecular flexibility index (Phi) is 4.92. The minimum absolute atomic E-state index is 0.618. The minimum atomic E-state index is 0.618. The third kappa shape index (κ3) is 3.03. The lowest BCUT2D eigenvalue weighted by molar-refractivity contribution is 0.305. The van der Waals surface area contributed by atoms with Crippen LogP contribution in [0.25, 0.3) is 0 Å².